The van der Waals surface area contributed by atoms with Crippen molar-refractivity contribution in [2.24, 2.45) is 5.92 Å². The Hall–Kier alpha value is -2.14. The molecule has 1 aromatic heterocycles. The molecule has 0 bridgehead atoms. The molecule has 1 saturated carbocycles. The van der Waals surface area contributed by atoms with Crippen LogP contribution in [0.25, 0.3) is 5.69 Å². The fraction of sp³-hybridized carbons (Fsp3) is 0.375. The minimum absolute atomic E-state index is 0.0765. The molecule has 1 amide bonds. The number of rotatable bonds is 4. The Morgan fingerprint density at radius 3 is 2.81 bits per heavy atom. The van der Waals surface area contributed by atoms with Gasteiger partial charge in [-0.1, -0.05) is 6.42 Å². The third-order valence-electron chi connectivity index (χ3n) is 4.11. The van der Waals surface area contributed by atoms with Gasteiger partial charge in [-0.3, -0.25) is 4.79 Å². The molecular formula is C16H19N3O2. The zero-order valence-electron chi connectivity index (χ0n) is 11.8. The highest BCUT2D eigenvalue weighted by Crippen LogP contribution is 2.25. The number of nitrogens with one attached hydrogen (secondary N) is 1. The summed E-state index contributed by atoms with van der Waals surface area (Å²) in [6.45, 7) is 0.142. The molecule has 1 fully saturated rings. The van der Waals surface area contributed by atoms with Crippen molar-refractivity contribution >= 4 is 5.91 Å². The van der Waals surface area contributed by atoms with Gasteiger partial charge in [-0.25, -0.2) is 4.68 Å². The zero-order chi connectivity index (χ0) is 14.7. The standard InChI is InChI=1S/C16H19N3O2/c20-11-13-3-1-4-15(13)18-16(21)12-5-7-14(8-6-12)19-10-2-9-17-19/h2,5-10,13,15,20H,1,3-4,11H2,(H,18,21). The van der Waals surface area contributed by atoms with Crippen LogP contribution in [0.2, 0.25) is 0 Å². The molecule has 21 heavy (non-hydrogen) atoms. The SMILES string of the molecule is O=C(NC1CCCC1CO)c1ccc(-n2cccn2)cc1. The molecule has 2 N–H and O–H groups in total. The van der Waals surface area contributed by atoms with Crippen molar-refractivity contribution < 1.29 is 9.90 Å². The summed E-state index contributed by atoms with van der Waals surface area (Å²) in [5.41, 5.74) is 1.56. The van der Waals surface area contributed by atoms with E-state index in [0.717, 1.165) is 24.9 Å². The number of aliphatic hydroxyl groups excluding tert-OH is 1. The molecule has 0 radical (unpaired) electrons. The first-order valence-electron chi connectivity index (χ1n) is 7.30. The van der Waals surface area contributed by atoms with Gasteiger partial charge in [0.05, 0.1) is 5.69 Å². The molecule has 1 aromatic carbocycles. The summed E-state index contributed by atoms with van der Waals surface area (Å²) in [6, 6.07) is 9.30. The summed E-state index contributed by atoms with van der Waals surface area (Å²) in [6.07, 6.45) is 6.58. The average Bonchev–Trinajstić information content (AvgIpc) is 3.18. The molecule has 2 aromatic rings. The van der Waals surface area contributed by atoms with E-state index in [-0.39, 0.29) is 24.5 Å². The van der Waals surface area contributed by atoms with E-state index in [1.807, 2.05) is 24.4 Å². The van der Waals surface area contributed by atoms with Gasteiger partial charge in [0, 0.05) is 36.5 Å². The van der Waals surface area contributed by atoms with Crippen molar-refractivity contribution in [1.82, 2.24) is 15.1 Å². The summed E-state index contributed by atoms with van der Waals surface area (Å²) in [5.74, 6) is 0.115. The maximum absolute atomic E-state index is 12.2. The van der Waals surface area contributed by atoms with Gasteiger partial charge in [-0.05, 0) is 43.2 Å². The molecule has 2 atom stereocenters. The highest BCUT2D eigenvalue weighted by atomic mass is 16.3. The molecule has 1 heterocycles. The summed E-state index contributed by atoms with van der Waals surface area (Å²) in [4.78, 5) is 12.2. The predicted octanol–water partition coefficient (Wildman–Crippen LogP) is 1.76. The van der Waals surface area contributed by atoms with Crippen LogP contribution in [0.5, 0.6) is 0 Å². The molecular weight excluding hydrogens is 266 g/mol. The van der Waals surface area contributed by atoms with Crippen LogP contribution < -0.4 is 5.32 Å². The predicted molar refractivity (Wildman–Crippen MR) is 79.2 cm³/mol. The Bertz CT molecular complexity index is 592. The topological polar surface area (TPSA) is 67.2 Å². The number of aliphatic hydroxyl groups is 1. The summed E-state index contributed by atoms with van der Waals surface area (Å²) < 4.78 is 1.75. The van der Waals surface area contributed by atoms with Crippen LogP contribution in [0.3, 0.4) is 0 Å². The van der Waals surface area contributed by atoms with E-state index in [0.29, 0.717) is 5.56 Å². The van der Waals surface area contributed by atoms with Crippen molar-refractivity contribution in [3.8, 4) is 5.69 Å². The van der Waals surface area contributed by atoms with Gasteiger partial charge in [0.15, 0.2) is 0 Å². The fourth-order valence-corrected chi connectivity index (χ4v) is 2.88. The first kappa shape index (κ1) is 13.8. The van der Waals surface area contributed by atoms with Gasteiger partial charge in [0.1, 0.15) is 0 Å². The van der Waals surface area contributed by atoms with Crippen molar-refractivity contribution in [2.45, 2.75) is 25.3 Å². The molecule has 0 saturated heterocycles. The zero-order valence-corrected chi connectivity index (χ0v) is 11.8. The highest BCUT2D eigenvalue weighted by Gasteiger charge is 2.28. The third kappa shape index (κ3) is 2.97. The average molecular weight is 285 g/mol. The molecule has 1 aliphatic rings. The molecule has 5 heteroatoms. The number of hydrogen-bond donors (Lipinski definition) is 2. The smallest absolute Gasteiger partial charge is 0.251 e. The van der Waals surface area contributed by atoms with Crippen LogP contribution in [0.1, 0.15) is 29.6 Å². The maximum Gasteiger partial charge on any atom is 0.251 e. The lowest BCUT2D eigenvalue weighted by atomic mass is 10.0. The van der Waals surface area contributed by atoms with Gasteiger partial charge < -0.3 is 10.4 Å². The van der Waals surface area contributed by atoms with E-state index in [9.17, 15) is 9.90 Å². The lowest BCUT2D eigenvalue weighted by Gasteiger charge is -2.19. The molecule has 5 nitrogen and oxygen atoms in total. The Labute approximate surface area is 123 Å². The summed E-state index contributed by atoms with van der Waals surface area (Å²) >= 11 is 0. The number of carbonyl (C=O) groups is 1. The Morgan fingerprint density at radius 2 is 2.14 bits per heavy atom. The Balaban J connectivity index is 1.68. The van der Waals surface area contributed by atoms with E-state index in [4.69, 9.17) is 0 Å². The van der Waals surface area contributed by atoms with Crippen molar-refractivity contribution in [2.75, 3.05) is 6.61 Å². The minimum atomic E-state index is -0.0765. The summed E-state index contributed by atoms with van der Waals surface area (Å²) in [5, 5.41) is 16.5. The number of nitrogens with zero attached hydrogens (tertiary/aromatic N) is 2. The highest BCUT2D eigenvalue weighted by molar-refractivity contribution is 5.94. The number of aromatic nitrogens is 2. The Kier molecular flexibility index (Phi) is 4.01. The quantitative estimate of drug-likeness (QED) is 0.899. The number of hydrogen-bond acceptors (Lipinski definition) is 3. The van der Waals surface area contributed by atoms with Gasteiger partial charge in [0.2, 0.25) is 0 Å². The van der Waals surface area contributed by atoms with E-state index >= 15 is 0 Å². The molecule has 3 rings (SSSR count). The van der Waals surface area contributed by atoms with Crippen LogP contribution >= 0.6 is 0 Å². The maximum atomic E-state index is 12.2. The lowest BCUT2D eigenvalue weighted by Crippen LogP contribution is -2.38. The monoisotopic (exact) mass is 285 g/mol. The van der Waals surface area contributed by atoms with E-state index in [1.54, 1.807) is 23.0 Å². The molecule has 0 aliphatic heterocycles. The van der Waals surface area contributed by atoms with Crippen LogP contribution in [-0.2, 0) is 0 Å². The van der Waals surface area contributed by atoms with Crippen LogP contribution in [0.15, 0.2) is 42.7 Å². The van der Waals surface area contributed by atoms with Crippen molar-refractivity contribution in [3.05, 3.63) is 48.3 Å². The molecule has 2 unspecified atom stereocenters. The second-order valence-electron chi connectivity index (χ2n) is 5.45. The van der Waals surface area contributed by atoms with E-state index < -0.39 is 0 Å². The summed E-state index contributed by atoms with van der Waals surface area (Å²) in [7, 11) is 0. The van der Waals surface area contributed by atoms with Crippen LogP contribution in [0.4, 0.5) is 0 Å². The number of carbonyl (C=O) groups excluding carboxylic acids is 1. The third-order valence-corrected chi connectivity index (χ3v) is 4.11. The number of amides is 1. The first-order chi connectivity index (χ1) is 10.3. The van der Waals surface area contributed by atoms with Crippen molar-refractivity contribution in [1.29, 1.82) is 0 Å². The normalized spacial score (nSPS) is 21.4. The van der Waals surface area contributed by atoms with Gasteiger partial charge in [0.25, 0.3) is 5.91 Å². The van der Waals surface area contributed by atoms with Gasteiger partial charge in [-0.2, -0.15) is 5.10 Å². The molecule has 0 spiro atoms. The van der Waals surface area contributed by atoms with E-state index in [1.165, 1.54) is 0 Å². The van der Waals surface area contributed by atoms with Crippen molar-refractivity contribution in [3.63, 3.8) is 0 Å². The Morgan fingerprint density at radius 1 is 1.33 bits per heavy atom. The van der Waals surface area contributed by atoms with Gasteiger partial charge in [-0.15, -0.1) is 0 Å². The van der Waals surface area contributed by atoms with Gasteiger partial charge >= 0.3 is 0 Å². The van der Waals surface area contributed by atoms with Crippen LogP contribution in [-0.4, -0.2) is 33.4 Å². The van der Waals surface area contributed by atoms with E-state index in [2.05, 4.69) is 10.4 Å². The second-order valence-corrected chi connectivity index (χ2v) is 5.45. The second kappa shape index (κ2) is 6.10. The molecule has 110 valence electrons. The first-order valence-corrected chi connectivity index (χ1v) is 7.30. The minimum Gasteiger partial charge on any atom is -0.396 e. The largest absolute Gasteiger partial charge is 0.396 e. The molecule has 1 aliphatic carbocycles. The van der Waals surface area contributed by atoms with Crippen LogP contribution in [0, 0.1) is 5.92 Å². The lowest BCUT2D eigenvalue weighted by molar-refractivity contribution is 0.0916. The number of benzene rings is 1. The fourth-order valence-electron chi connectivity index (χ4n) is 2.88.